The third kappa shape index (κ3) is 18.5. The molecule has 0 aliphatic heterocycles. The van der Waals surface area contributed by atoms with Gasteiger partial charge < -0.3 is 5.11 Å². The Labute approximate surface area is 110 Å². The van der Waals surface area contributed by atoms with Crippen molar-refractivity contribution < 1.29 is 9.90 Å². The molecule has 104 valence electrons. The van der Waals surface area contributed by atoms with Crippen LogP contribution in [0.2, 0.25) is 0 Å². The molecule has 0 aliphatic rings. The maximum atomic E-state index is 10.3. The minimum Gasteiger partial charge on any atom is -0.481 e. The van der Waals surface area contributed by atoms with Crippen molar-refractivity contribution in [2.24, 2.45) is 0 Å². The zero-order valence-electron chi connectivity index (χ0n) is 11.5. The van der Waals surface area contributed by atoms with Crippen LogP contribution in [0, 0.1) is 0 Å². The molecule has 0 aliphatic carbocycles. The number of hydrogen-bond acceptors (Lipinski definition) is 1. The van der Waals surface area contributed by atoms with E-state index >= 15 is 0 Å². The topological polar surface area (TPSA) is 37.3 Å². The molecule has 0 aromatic rings. The van der Waals surface area contributed by atoms with Crippen LogP contribution >= 0.6 is 9.90 Å². The highest BCUT2D eigenvalue weighted by atomic mass is 31.0. The first-order valence-electron chi connectivity index (χ1n) is 6.99. The Morgan fingerprint density at radius 1 is 0.765 bits per heavy atom. The van der Waals surface area contributed by atoms with Crippen molar-refractivity contribution in [1.82, 2.24) is 0 Å². The van der Waals surface area contributed by atoms with Gasteiger partial charge in [-0.25, -0.2) is 0 Å². The Kier molecular flexibility index (Phi) is 18.0. The van der Waals surface area contributed by atoms with Gasteiger partial charge in [0, 0.05) is 6.42 Å². The van der Waals surface area contributed by atoms with Crippen LogP contribution in [-0.4, -0.2) is 11.1 Å². The van der Waals surface area contributed by atoms with Crippen molar-refractivity contribution in [2.75, 3.05) is 0 Å². The number of hydrogen-bond donors (Lipinski definition) is 1. The Morgan fingerprint density at radius 2 is 1.12 bits per heavy atom. The van der Waals surface area contributed by atoms with Crippen LogP contribution in [0.3, 0.4) is 0 Å². The SMILES string of the molecule is CCCCCCCCCCCCCC(=O)O.P. The second-order valence-corrected chi connectivity index (χ2v) is 4.68. The van der Waals surface area contributed by atoms with Crippen molar-refractivity contribution in [3.63, 3.8) is 0 Å². The maximum Gasteiger partial charge on any atom is 0.303 e. The highest BCUT2D eigenvalue weighted by molar-refractivity contribution is 6.92. The predicted molar refractivity (Wildman–Crippen MR) is 79.8 cm³/mol. The molecule has 0 aromatic heterocycles. The number of unbranched alkanes of at least 4 members (excludes halogenated alkanes) is 10. The van der Waals surface area contributed by atoms with Gasteiger partial charge in [-0.05, 0) is 6.42 Å². The van der Waals surface area contributed by atoms with Gasteiger partial charge >= 0.3 is 5.97 Å². The van der Waals surface area contributed by atoms with Gasteiger partial charge in [0.05, 0.1) is 0 Å². The zero-order valence-corrected chi connectivity index (χ0v) is 13.0. The Morgan fingerprint density at radius 3 is 1.47 bits per heavy atom. The van der Waals surface area contributed by atoms with Crippen molar-refractivity contribution >= 4 is 15.9 Å². The molecule has 1 atom stereocenters. The molecule has 0 heterocycles. The average Bonchev–Trinajstić information content (AvgIpc) is 2.25. The second kappa shape index (κ2) is 15.9. The molecule has 0 fully saturated rings. The molecule has 3 heteroatoms. The summed E-state index contributed by atoms with van der Waals surface area (Å²) in [4.78, 5) is 10.3. The zero-order chi connectivity index (χ0) is 12.1. The number of carboxylic acids is 1. The number of carboxylic acid groups (broad SMARTS) is 1. The van der Waals surface area contributed by atoms with Crippen LogP contribution in [0.4, 0.5) is 0 Å². The van der Waals surface area contributed by atoms with Gasteiger partial charge in [0.2, 0.25) is 0 Å². The van der Waals surface area contributed by atoms with Crippen molar-refractivity contribution in [2.45, 2.75) is 84.0 Å². The lowest BCUT2D eigenvalue weighted by atomic mass is 10.1. The van der Waals surface area contributed by atoms with E-state index in [2.05, 4.69) is 6.92 Å². The van der Waals surface area contributed by atoms with E-state index in [4.69, 9.17) is 5.11 Å². The first kappa shape index (κ1) is 19.2. The van der Waals surface area contributed by atoms with E-state index in [0.717, 1.165) is 12.8 Å². The van der Waals surface area contributed by atoms with Gasteiger partial charge in [-0.3, -0.25) is 4.79 Å². The molecule has 0 bridgehead atoms. The monoisotopic (exact) mass is 262 g/mol. The molecule has 1 unspecified atom stereocenters. The molecule has 0 amide bonds. The minimum atomic E-state index is -0.657. The third-order valence-corrected chi connectivity index (χ3v) is 2.99. The van der Waals surface area contributed by atoms with Crippen LogP contribution in [0.1, 0.15) is 84.0 Å². The molecule has 0 saturated carbocycles. The summed E-state index contributed by atoms with van der Waals surface area (Å²) < 4.78 is 0. The van der Waals surface area contributed by atoms with Crippen molar-refractivity contribution in [1.29, 1.82) is 0 Å². The van der Waals surface area contributed by atoms with Gasteiger partial charge in [0.15, 0.2) is 0 Å². The molecule has 17 heavy (non-hydrogen) atoms. The normalized spacial score (nSPS) is 9.94. The lowest BCUT2D eigenvalue weighted by molar-refractivity contribution is -0.137. The third-order valence-electron chi connectivity index (χ3n) is 2.99. The lowest BCUT2D eigenvalue weighted by Crippen LogP contribution is -1.93. The van der Waals surface area contributed by atoms with Crippen LogP contribution < -0.4 is 0 Å². The smallest absolute Gasteiger partial charge is 0.303 e. The lowest BCUT2D eigenvalue weighted by Gasteiger charge is -2.01. The fourth-order valence-electron chi connectivity index (χ4n) is 1.94. The van der Waals surface area contributed by atoms with Crippen molar-refractivity contribution in [3.05, 3.63) is 0 Å². The largest absolute Gasteiger partial charge is 0.481 e. The Bertz CT molecular complexity index is 160. The van der Waals surface area contributed by atoms with Gasteiger partial charge in [-0.1, -0.05) is 71.1 Å². The van der Waals surface area contributed by atoms with Gasteiger partial charge in [0.1, 0.15) is 0 Å². The predicted octanol–water partition coefficient (Wildman–Crippen LogP) is 4.83. The summed E-state index contributed by atoms with van der Waals surface area (Å²) in [5.41, 5.74) is 0. The first-order valence-corrected chi connectivity index (χ1v) is 6.99. The van der Waals surface area contributed by atoms with Gasteiger partial charge in [-0.15, -0.1) is 0 Å². The number of aliphatic carboxylic acids is 1. The summed E-state index contributed by atoms with van der Waals surface area (Å²) >= 11 is 0. The van der Waals surface area contributed by atoms with Crippen LogP contribution in [0.5, 0.6) is 0 Å². The number of rotatable bonds is 12. The summed E-state index contributed by atoms with van der Waals surface area (Å²) in [7, 11) is 0. The summed E-state index contributed by atoms with van der Waals surface area (Å²) in [6, 6.07) is 0. The summed E-state index contributed by atoms with van der Waals surface area (Å²) in [6.07, 6.45) is 14.4. The summed E-state index contributed by atoms with van der Waals surface area (Å²) in [6.45, 7) is 2.25. The van der Waals surface area contributed by atoms with Crippen molar-refractivity contribution in [3.8, 4) is 0 Å². The fraction of sp³-hybridized carbons (Fsp3) is 0.929. The highest BCUT2D eigenvalue weighted by Crippen LogP contribution is 2.11. The second-order valence-electron chi connectivity index (χ2n) is 4.68. The maximum absolute atomic E-state index is 10.3. The van der Waals surface area contributed by atoms with Crippen LogP contribution in [0.25, 0.3) is 0 Å². The fourth-order valence-corrected chi connectivity index (χ4v) is 1.94. The molecule has 1 N–H and O–H groups in total. The van der Waals surface area contributed by atoms with E-state index in [1.165, 1.54) is 57.8 Å². The number of carbonyl (C=O) groups is 1. The molecule has 0 spiro atoms. The van der Waals surface area contributed by atoms with E-state index in [1.807, 2.05) is 0 Å². The van der Waals surface area contributed by atoms with E-state index in [0.29, 0.717) is 6.42 Å². The molecule has 2 nitrogen and oxygen atoms in total. The first-order chi connectivity index (χ1) is 7.77. The van der Waals surface area contributed by atoms with E-state index in [-0.39, 0.29) is 9.90 Å². The summed E-state index contributed by atoms with van der Waals surface area (Å²) in [5, 5.41) is 8.46. The quantitative estimate of drug-likeness (QED) is 0.404. The Balaban J connectivity index is 0. The van der Waals surface area contributed by atoms with Gasteiger partial charge in [0.25, 0.3) is 0 Å². The molecule has 0 radical (unpaired) electrons. The summed E-state index contributed by atoms with van der Waals surface area (Å²) in [5.74, 6) is -0.657. The average molecular weight is 262 g/mol. The van der Waals surface area contributed by atoms with Crippen LogP contribution in [0.15, 0.2) is 0 Å². The standard InChI is InChI=1S/C14H28O2.H3P/c1-2-3-4-5-6-7-8-9-10-11-12-13-14(15)16;/h2-13H2,1H3,(H,15,16);1H3. The van der Waals surface area contributed by atoms with E-state index in [1.54, 1.807) is 0 Å². The molecule has 0 saturated heterocycles. The van der Waals surface area contributed by atoms with Crippen LogP contribution in [-0.2, 0) is 4.79 Å². The molecular weight excluding hydrogens is 231 g/mol. The minimum absolute atomic E-state index is 0. The van der Waals surface area contributed by atoms with Gasteiger partial charge in [-0.2, -0.15) is 9.90 Å². The molecule has 0 rings (SSSR count). The van der Waals surface area contributed by atoms with E-state index < -0.39 is 5.97 Å². The van der Waals surface area contributed by atoms with E-state index in [9.17, 15) is 4.79 Å². The Hall–Kier alpha value is -0.100. The highest BCUT2D eigenvalue weighted by Gasteiger charge is 1.96. The molecular formula is C14H31O2P. The molecule has 0 aromatic carbocycles.